The van der Waals surface area contributed by atoms with Gasteiger partial charge in [0, 0.05) is 24.5 Å². The molecule has 0 bridgehead atoms. The van der Waals surface area contributed by atoms with E-state index in [2.05, 4.69) is 21.9 Å². The smallest absolute Gasteiger partial charge is 0.0400 e. The van der Waals surface area contributed by atoms with Crippen LogP contribution in [-0.2, 0) is 6.42 Å². The van der Waals surface area contributed by atoms with Crippen molar-refractivity contribution in [1.29, 1.82) is 0 Å². The largest absolute Gasteiger partial charge is 0.399 e. The third kappa shape index (κ3) is 3.03. The van der Waals surface area contributed by atoms with Crippen LogP contribution >= 0.6 is 0 Å². The average molecular weight is 259 g/mol. The highest BCUT2D eigenvalue weighted by Crippen LogP contribution is 2.28. The second-order valence-corrected chi connectivity index (χ2v) is 5.88. The molecule has 0 aliphatic carbocycles. The zero-order chi connectivity index (χ0) is 13.1. The quantitative estimate of drug-likeness (QED) is 0.843. The van der Waals surface area contributed by atoms with Gasteiger partial charge in [-0.25, -0.2) is 0 Å². The Kier molecular flexibility index (Phi) is 3.92. The Balaban J connectivity index is 1.57. The first-order valence-electron chi connectivity index (χ1n) is 7.69. The lowest BCUT2D eigenvalue weighted by atomic mass is 10.0. The first-order valence-corrected chi connectivity index (χ1v) is 7.69. The first-order chi connectivity index (χ1) is 9.33. The van der Waals surface area contributed by atoms with Crippen molar-refractivity contribution in [3.63, 3.8) is 0 Å². The molecule has 0 spiro atoms. The summed E-state index contributed by atoms with van der Waals surface area (Å²) in [4.78, 5) is 5.15. The molecule has 0 aromatic heterocycles. The molecule has 0 saturated carbocycles. The molecule has 3 nitrogen and oxygen atoms in total. The van der Waals surface area contributed by atoms with Crippen LogP contribution in [0.4, 0.5) is 11.4 Å². The average Bonchev–Trinajstić information content (AvgIpc) is 2.92. The fraction of sp³-hybridized carbons (Fsp3) is 0.625. The maximum Gasteiger partial charge on any atom is 0.0400 e. The van der Waals surface area contributed by atoms with Gasteiger partial charge in [-0.1, -0.05) is 0 Å². The maximum absolute atomic E-state index is 5.88. The van der Waals surface area contributed by atoms with Crippen molar-refractivity contribution in [2.24, 2.45) is 0 Å². The third-order valence-electron chi connectivity index (χ3n) is 4.42. The monoisotopic (exact) mass is 259 g/mol. The standard InChI is InChI=1S/C16H25N3/c17-15-6-7-16-14(13-15)5-3-11-19(16)12-4-10-18-8-1-2-9-18/h6-7,13H,1-5,8-12,17H2. The van der Waals surface area contributed by atoms with Gasteiger partial charge >= 0.3 is 0 Å². The molecule has 3 rings (SSSR count). The highest BCUT2D eigenvalue weighted by atomic mass is 15.2. The van der Waals surface area contributed by atoms with Gasteiger partial charge in [0.05, 0.1) is 0 Å². The van der Waals surface area contributed by atoms with E-state index < -0.39 is 0 Å². The summed E-state index contributed by atoms with van der Waals surface area (Å²) in [5.74, 6) is 0. The third-order valence-corrected chi connectivity index (χ3v) is 4.42. The van der Waals surface area contributed by atoms with Crippen LogP contribution in [0.3, 0.4) is 0 Å². The van der Waals surface area contributed by atoms with Crippen molar-refractivity contribution in [1.82, 2.24) is 4.90 Å². The Hall–Kier alpha value is -1.22. The minimum absolute atomic E-state index is 0.901. The van der Waals surface area contributed by atoms with Gasteiger partial charge in [0.15, 0.2) is 0 Å². The topological polar surface area (TPSA) is 32.5 Å². The Morgan fingerprint density at radius 3 is 2.68 bits per heavy atom. The van der Waals surface area contributed by atoms with Gasteiger partial charge in [0.25, 0.3) is 0 Å². The number of fused-ring (bicyclic) bond motifs is 1. The van der Waals surface area contributed by atoms with Crippen molar-refractivity contribution in [2.75, 3.05) is 43.4 Å². The van der Waals surface area contributed by atoms with Gasteiger partial charge in [-0.2, -0.15) is 0 Å². The molecule has 2 aliphatic rings. The minimum atomic E-state index is 0.901. The van der Waals surface area contributed by atoms with Gasteiger partial charge < -0.3 is 15.5 Å². The van der Waals surface area contributed by atoms with Crippen LogP contribution in [0.2, 0.25) is 0 Å². The molecule has 2 aliphatic heterocycles. The predicted octanol–water partition coefficient (Wildman–Crippen LogP) is 2.51. The Morgan fingerprint density at radius 2 is 1.84 bits per heavy atom. The lowest BCUT2D eigenvalue weighted by Crippen LogP contribution is -2.32. The fourth-order valence-corrected chi connectivity index (χ4v) is 3.42. The number of likely N-dealkylation sites (tertiary alicyclic amines) is 1. The highest BCUT2D eigenvalue weighted by molar-refractivity contribution is 5.61. The molecular formula is C16H25N3. The molecule has 0 radical (unpaired) electrons. The molecule has 1 aromatic rings. The van der Waals surface area contributed by atoms with E-state index in [1.807, 2.05) is 6.07 Å². The van der Waals surface area contributed by atoms with Crippen LogP contribution in [0.1, 0.15) is 31.2 Å². The normalized spacial score (nSPS) is 19.7. The summed E-state index contributed by atoms with van der Waals surface area (Å²) in [6, 6.07) is 6.40. The Bertz CT molecular complexity index is 424. The molecule has 104 valence electrons. The summed E-state index contributed by atoms with van der Waals surface area (Å²) in [6.07, 6.45) is 6.52. The number of nitrogens with zero attached hydrogens (tertiary/aromatic N) is 2. The summed E-state index contributed by atoms with van der Waals surface area (Å²) in [6.45, 7) is 6.28. The zero-order valence-electron chi connectivity index (χ0n) is 11.8. The number of benzene rings is 1. The van der Waals surface area contributed by atoms with E-state index in [1.165, 1.54) is 76.1 Å². The lowest BCUT2D eigenvalue weighted by Gasteiger charge is -2.32. The molecule has 2 heterocycles. The maximum atomic E-state index is 5.88. The number of anilines is 2. The molecule has 3 heteroatoms. The summed E-state index contributed by atoms with van der Waals surface area (Å²) in [5.41, 5.74) is 9.64. The van der Waals surface area contributed by atoms with Crippen LogP contribution in [0, 0.1) is 0 Å². The van der Waals surface area contributed by atoms with E-state index in [0.717, 1.165) is 5.69 Å². The molecule has 0 amide bonds. The van der Waals surface area contributed by atoms with Crippen LogP contribution < -0.4 is 10.6 Å². The van der Waals surface area contributed by atoms with Crippen molar-refractivity contribution >= 4 is 11.4 Å². The molecule has 1 aromatic carbocycles. The Labute approximate surface area is 116 Å². The fourth-order valence-electron chi connectivity index (χ4n) is 3.42. The van der Waals surface area contributed by atoms with Crippen LogP contribution in [0.5, 0.6) is 0 Å². The molecule has 1 fully saturated rings. The molecule has 2 N–H and O–H groups in total. The molecular weight excluding hydrogens is 234 g/mol. The summed E-state index contributed by atoms with van der Waals surface area (Å²) in [7, 11) is 0. The van der Waals surface area contributed by atoms with Crippen LogP contribution in [0.25, 0.3) is 0 Å². The van der Waals surface area contributed by atoms with E-state index >= 15 is 0 Å². The van der Waals surface area contributed by atoms with E-state index in [-0.39, 0.29) is 0 Å². The number of nitrogens with two attached hydrogens (primary N) is 1. The van der Waals surface area contributed by atoms with Crippen molar-refractivity contribution in [2.45, 2.75) is 32.1 Å². The summed E-state index contributed by atoms with van der Waals surface area (Å²) in [5, 5.41) is 0. The van der Waals surface area contributed by atoms with Crippen LogP contribution in [-0.4, -0.2) is 37.6 Å². The number of hydrogen-bond donors (Lipinski definition) is 1. The van der Waals surface area contributed by atoms with Crippen LogP contribution in [0.15, 0.2) is 18.2 Å². The second kappa shape index (κ2) is 5.83. The van der Waals surface area contributed by atoms with Crippen molar-refractivity contribution in [3.8, 4) is 0 Å². The first kappa shape index (κ1) is 12.8. The van der Waals surface area contributed by atoms with Crippen molar-refractivity contribution < 1.29 is 0 Å². The number of nitrogen functional groups attached to an aromatic ring is 1. The van der Waals surface area contributed by atoms with Gasteiger partial charge in [-0.05, 0) is 75.5 Å². The second-order valence-electron chi connectivity index (χ2n) is 5.88. The number of aryl methyl sites for hydroxylation is 1. The predicted molar refractivity (Wildman–Crippen MR) is 81.7 cm³/mol. The van der Waals surface area contributed by atoms with E-state index in [1.54, 1.807) is 0 Å². The van der Waals surface area contributed by atoms with Gasteiger partial charge in [0.1, 0.15) is 0 Å². The zero-order valence-corrected chi connectivity index (χ0v) is 11.8. The minimum Gasteiger partial charge on any atom is -0.399 e. The van der Waals surface area contributed by atoms with E-state index in [0.29, 0.717) is 0 Å². The van der Waals surface area contributed by atoms with Gasteiger partial charge in [-0.15, -0.1) is 0 Å². The molecule has 0 unspecified atom stereocenters. The van der Waals surface area contributed by atoms with E-state index in [4.69, 9.17) is 5.73 Å². The molecule has 1 saturated heterocycles. The highest BCUT2D eigenvalue weighted by Gasteiger charge is 2.17. The number of rotatable bonds is 4. The summed E-state index contributed by atoms with van der Waals surface area (Å²) >= 11 is 0. The SMILES string of the molecule is Nc1ccc2c(c1)CCCN2CCCN1CCCC1. The number of hydrogen-bond acceptors (Lipinski definition) is 3. The molecule has 0 atom stereocenters. The summed E-state index contributed by atoms with van der Waals surface area (Å²) < 4.78 is 0. The Morgan fingerprint density at radius 1 is 1.00 bits per heavy atom. The molecule has 19 heavy (non-hydrogen) atoms. The van der Waals surface area contributed by atoms with E-state index in [9.17, 15) is 0 Å². The van der Waals surface area contributed by atoms with Gasteiger partial charge in [0.2, 0.25) is 0 Å². The lowest BCUT2D eigenvalue weighted by molar-refractivity contribution is 0.334. The van der Waals surface area contributed by atoms with Gasteiger partial charge in [-0.3, -0.25) is 0 Å². The van der Waals surface area contributed by atoms with Crippen molar-refractivity contribution in [3.05, 3.63) is 23.8 Å².